The maximum atomic E-state index is 10.9. The lowest BCUT2D eigenvalue weighted by atomic mass is 10.0. The van der Waals surface area contributed by atoms with Crippen LogP contribution in [0.25, 0.3) is 0 Å². The molecule has 1 unspecified atom stereocenters. The van der Waals surface area contributed by atoms with E-state index in [1.54, 1.807) is 0 Å². The number of hydrogen-bond donors (Lipinski definition) is 0. The second-order valence-corrected chi connectivity index (χ2v) is 6.03. The summed E-state index contributed by atoms with van der Waals surface area (Å²) in [6, 6.07) is 10.4. The molecule has 1 aromatic carbocycles. The average molecular weight is 255 g/mol. The Balaban J connectivity index is 1.83. The van der Waals surface area contributed by atoms with Gasteiger partial charge >= 0.3 is 0 Å². The Hall–Kier alpha value is -0.910. The van der Waals surface area contributed by atoms with Crippen molar-refractivity contribution < 1.29 is 12.6 Å². The number of hydrogen-bond acceptors (Lipinski definition) is 4. The van der Waals surface area contributed by atoms with Crippen LogP contribution in [0.4, 0.5) is 0 Å². The van der Waals surface area contributed by atoms with Crippen molar-refractivity contribution in [3.05, 3.63) is 35.9 Å². The van der Waals surface area contributed by atoms with Crippen LogP contribution in [0.3, 0.4) is 0 Å². The van der Waals surface area contributed by atoms with Gasteiger partial charge in [0.15, 0.2) is 0 Å². The molecule has 0 bridgehead atoms. The van der Waals surface area contributed by atoms with Crippen LogP contribution in [0.5, 0.6) is 0 Å². The van der Waals surface area contributed by atoms with Gasteiger partial charge in [-0.15, -0.1) is 0 Å². The van der Waals surface area contributed by atoms with Gasteiger partial charge in [-0.1, -0.05) is 30.3 Å². The minimum absolute atomic E-state index is 0.227. The van der Waals surface area contributed by atoms with E-state index in [1.807, 2.05) is 18.2 Å². The van der Waals surface area contributed by atoms with Crippen LogP contribution >= 0.6 is 0 Å². The zero-order valence-electron chi connectivity index (χ0n) is 9.87. The fraction of sp³-hybridized carbons (Fsp3) is 0.500. The first kappa shape index (κ1) is 12.5. The van der Waals surface area contributed by atoms with Crippen LogP contribution in [0, 0.1) is 0 Å². The normalized spacial score (nSPS) is 21.1. The molecule has 0 amide bonds. The lowest BCUT2D eigenvalue weighted by Gasteiger charge is -2.40. The molecular formula is C12H17NO3S. The van der Waals surface area contributed by atoms with E-state index in [0.717, 1.165) is 25.8 Å². The molecule has 0 spiro atoms. The maximum Gasteiger partial charge on any atom is 0.264 e. The van der Waals surface area contributed by atoms with Gasteiger partial charge in [-0.3, -0.25) is 9.08 Å². The molecule has 0 N–H and O–H groups in total. The minimum atomic E-state index is -3.32. The zero-order chi connectivity index (χ0) is 12.3. The Bertz CT molecular complexity index is 458. The van der Waals surface area contributed by atoms with Gasteiger partial charge in [0.05, 0.1) is 12.9 Å². The third kappa shape index (κ3) is 3.80. The number of nitrogens with zero attached hydrogens (tertiary/aromatic N) is 1. The zero-order valence-corrected chi connectivity index (χ0v) is 10.7. The van der Waals surface area contributed by atoms with Gasteiger partial charge in [-0.25, -0.2) is 0 Å². The van der Waals surface area contributed by atoms with Crippen molar-refractivity contribution in [2.45, 2.75) is 19.0 Å². The topological polar surface area (TPSA) is 46.6 Å². The summed E-state index contributed by atoms with van der Waals surface area (Å²) in [6.45, 7) is 2.14. The highest BCUT2D eigenvalue weighted by Gasteiger charge is 2.28. The van der Waals surface area contributed by atoms with Crippen LogP contribution in [0.1, 0.15) is 12.0 Å². The molecule has 1 saturated heterocycles. The summed E-state index contributed by atoms with van der Waals surface area (Å²) in [7, 11) is -3.32. The Morgan fingerprint density at radius 2 is 2.06 bits per heavy atom. The molecule has 4 nitrogen and oxygen atoms in total. The fourth-order valence-corrected chi connectivity index (χ4v) is 2.32. The highest BCUT2D eigenvalue weighted by Crippen LogP contribution is 2.21. The molecule has 94 valence electrons. The Kier molecular flexibility index (Phi) is 3.81. The lowest BCUT2D eigenvalue weighted by Crippen LogP contribution is -2.49. The second kappa shape index (κ2) is 5.16. The third-order valence-electron chi connectivity index (χ3n) is 2.97. The number of benzene rings is 1. The monoisotopic (exact) mass is 255 g/mol. The summed E-state index contributed by atoms with van der Waals surface area (Å²) in [5.74, 6) is 0. The van der Waals surface area contributed by atoms with Gasteiger partial charge in [-0.05, 0) is 12.0 Å². The summed E-state index contributed by atoms with van der Waals surface area (Å²) in [4.78, 5) is 2.24. The largest absolute Gasteiger partial charge is 0.294 e. The molecule has 1 heterocycles. The summed E-state index contributed by atoms with van der Waals surface area (Å²) in [5.41, 5.74) is 1.25. The number of rotatable bonds is 5. The molecule has 1 aliphatic rings. The van der Waals surface area contributed by atoms with Crippen LogP contribution in [-0.2, 0) is 20.8 Å². The summed E-state index contributed by atoms with van der Waals surface area (Å²) in [5, 5.41) is 0. The van der Waals surface area contributed by atoms with Crippen LogP contribution in [0.2, 0.25) is 0 Å². The van der Waals surface area contributed by atoms with Crippen molar-refractivity contribution in [3.8, 4) is 0 Å². The van der Waals surface area contributed by atoms with Crippen LogP contribution in [-0.4, -0.2) is 38.8 Å². The maximum absolute atomic E-state index is 10.9. The molecule has 5 heteroatoms. The molecule has 0 aliphatic carbocycles. The van der Waals surface area contributed by atoms with E-state index in [0.29, 0.717) is 0 Å². The van der Waals surface area contributed by atoms with E-state index in [4.69, 9.17) is 4.18 Å². The Morgan fingerprint density at radius 3 is 2.59 bits per heavy atom. The molecule has 1 atom stereocenters. The van der Waals surface area contributed by atoms with Gasteiger partial charge in [-0.2, -0.15) is 8.42 Å². The standard InChI is InChI=1S/C12H17NO3S/c1-17(14,15)16-10-12-7-8-13(12)9-11-5-3-2-4-6-11/h2-6,12H,7-10H2,1H3. The van der Waals surface area contributed by atoms with E-state index in [-0.39, 0.29) is 12.6 Å². The van der Waals surface area contributed by atoms with Gasteiger partial charge in [0.25, 0.3) is 10.1 Å². The molecule has 1 aromatic rings. The van der Waals surface area contributed by atoms with E-state index >= 15 is 0 Å². The molecule has 0 aromatic heterocycles. The van der Waals surface area contributed by atoms with E-state index < -0.39 is 10.1 Å². The summed E-state index contributed by atoms with van der Waals surface area (Å²) in [6.07, 6.45) is 2.09. The Labute approximate surface area is 102 Å². The van der Waals surface area contributed by atoms with Crippen molar-refractivity contribution in [2.24, 2.45) is 0 Å². The molecule has 0 saturated carbocycles. The Morgan fingerprint density at radius 1 is 1.35 bits per heavy atom. The SMILES string of the molecule is CS(=O)(=O)OCC1CCN1Cc1ccccc1. The summed E-state index contributed by atoms with van der Waals surface area (Å²) >= 11 is 0. The molecule has 1 aliphatic heterocycles. The molecule has 0 radical (unpaired) electrons. The third-order valence-corrected chi connectivity index (χ3v) is 3.53. The summed E-state index contributed by atoms with van der Waals surface area (Å²) < 4.78 is 26.6. The van der Waals surface area contributed by atoms with E-state index in [2.05, 4.69) is 17.0 Å². The van der Waals surface area contributed by atoms with E-state index in [9.17, 15) is 8.42 Å². The first-order valence-electron chi connectivity index (χ1n) is 5.67. The molecular weight excluding hydrogens is 238 g/mol. The fourth-order valence-electron chi connectivity index (χ4n) is 1.91. The van der Waals surface area contributed by atoms with Crippen LogP contribution < -0.4 is 0 Å². The van der Waals surface area contributed by atoms with Crippen molar-refractivity contribution in [2.75, 3.05) is 19.4 Å². The molecule has 2 rings (SSSR count). The first-order chi connectivity index (χ1) is 8.04. The van der Waals surface area contributed by atoms with Crippen molar-refractivity contribution in [3.63, 3.8) is 0 Å². The van der Waals surface area contributed by atoms with E-state index in [1.165, 1.54) is 5.56 Å². The smallest absolute Gasteiger partial charge is 0.264 e. The van der Waals surface area contributed by atoms with Crippen molar-refractivity contribution >= 4 is 10.1 Å². The van der Waals surface area contributed by atoms with Crippen molar-refractivity contribution in [1.82, 2.24) is 4.90 Å². The quantitative estimate of drug-likeness (QED) is 0.743. The second-order valence-electron chi connectivity index (χ2n) is 4.39. The highest BCUT2D eigenvalue weighted by molar-refractivity contribution is 7.85. The van der Waals surface area contributed by atoms with Gasteiger partial charge in [0.2, 0.25) is 0 Å². The first-order valence-corrected chi connectivity index (χ1v) is 7.48. The van der Waals surface area contributed by atoms with Gasteiger partial charge in [0, 0.05) is 19.1 Å². The predicted octanol–water partition coefficient (Wildman–Crippen LogP) is 1.24. The van der Waals surface area contributed by atoms with Crippen molar-refractivity contribution in [1.29, 1.82) is 0 Å². The average Bonchev–Trinajstić information content (AvgIpc) is 2.24. The minimum Gasteiger partial charge on any atom is -0.294 e. The number of likely N-dealkylation sites (tertiary alicyclic amines) is 1. The van der Waals surface area contributed by atoms with Gasteiger partial charge in [0.1, 0.15) is 0 Å². The molecule has 17 heavy (non-hydrogen) atoms. The predicted molar refractivity (Wildman–Crippen MR) is 66.1 cm³/mol. The lowest BCUT2D eigenvalue weighted by molar-refractivity contribution is 0.0458. The van der Waals surface area contributed by atoms with Gasteiger partial charge < -0.3 is 0 Å². The highest BCUT2D eigenvalue weighted by atomic mass is 32.2. The molecule has 1 fully saturated rings. The van der Waals surface area contributed by atoms with Crippen LogP contribution in [0.15, 0.2) is 30.3 Å².